The Kier molecular flexibility index (Phi) is 3.52. The maximum atomic E-state index is 5.82. The van der Waals surface area contributed by atoms with Crippen LogP contribution in [0.3, 0.4) is 0 Å². The van der Waals surface area contributed by atoms with E-state index in [0.717, 1.165) is 43.7 Å². The topological polar surface area (TPSA) is 55.0 Å². The van der Waals surface area contributed by atoms with Crippen molar-refractivity contribution in [1.82, 2.24) is 14.9 Å². The maximum Gasteiger partial charge on any atom is 0.181 e. The van der Waals surface area contributed by atoms with Crippen LogP contribution in [0.25, 0.3) is 10.2 Å². The van der Waals surface area contributed by atoms with Gasteiger partial charge in [-0.15, -0.1) is 0 Å². The van der Waals surface area contributed by atoms with Crippen molar-refractivity contribution in [1.29, 1.82) is 0 Å². The molecule has 0 unspecified atom stereocenters. The molecule has 2 aromatic heterocycles. The van der Waals surface area contributed by atoms with Gasteiger partial charge in [0.2, 0.25) is 0 Å². The minimum absolute atomic E-state index is 0.659. The van der Waals surface area contributed by atoms with Gasteiger partial charge in [-0.25, -0.2) is 4.98 Å². The Hall–Kier alpha value is -1.98. The van der Waals surface area contributed by atoms with Crippen molar-refractivity contribution in [3.8, 4) is 0 Å². The molecule has 2 N–H and O–H groups in total. The van der Waals surface area contributed by atoms with Crippen molar-refractivity contribution in [2.24, 2.45) is 0 Å². The Morgan fingerprint density at radius 1 is 1.14 bits per heavy atom. The zero-order valence-corrected chi connectivity index (χ0v) is 13.1. The van der Waals surface area contributed by atoms with Gasteiger partial charge in [0.25, 0.3) is 0 Å². The van der Waals surface area contributed by atoms with Crippen LogP contribution in [0.15, 0.2) is 36.5 Å². The average molecular weight is 310 g/mol. The summed E-state index contributed by atoms with van der Waals surface area (Å²) in [7, 11) is 0. The first kappa shape index (κ1) is 13.7. The lowest BCUT2D eigenvalue weighted by molar-refractivity contribution is 0.276. The summed E-state index contributed by atoms with van der Waals surface area (Å²) in [6.45, 7) is 3.06. The van der Waals surface area contributed by atoms with E-state index in [1.165, 1.54) is 15.8 Å². The minimum Gasteiger partial charge on any atom is -0.375 e. The first-order valence-electron chi connectivity index (χ1n) is 7.58. The number of nitrogens with zero attached hydrogens (tertiary/aromatic N) is 3. The average Bonchev–Trinajstić information content (AvgIpc) is 2.78. The molecule has 4 rings (SSSR count). The number of nitrogen functional groups attached to an aromatic ring is 1. The number of nitrogens with two attached hydrogens (primary N) is 1. The van der Waals surface area contributed by atoms with Gasteiger partial charge < -0.3 is 5.73 Å². The molecule has 112 valence electrons. The number of benzene rings is 1. The highest BCUT2D eigenvalue weighted by Crippen LogP contribution is 2.28. The highest BCUT2D eigenvalue weighted by molar-refractivity contribution is 7.22. The molecule has 1 aliphatic rings. The van der Waals surface area contributed by atoms with Crippen molar-refractivity contribution in [3.05, 3.63) is 53.3 Å². The summed E-state index contributed by atoms with van der Waals surface area (Å²) in [5.41, 5.74) is 10.9. The Morgan fingerprint density at radius 2 is 1.95 bits per heavy atom. The fourth-order valence-electron chi connectivity index (χ4n) is 3.09. The molecule has 5 heteroatoms. The second kappa shape index (κ2) is 5.66. The fraction of sp³-hybridized carbons (Fsp3) is 0.294. The number of hydrogen-bond donors (Lipinski definition) is 1. The van der Waals surface area contributed by atoms with Gasteiger partial charge in [0.1, 0.15) is 0 Å². The van der Waals surface area contributed by atoms with E-state index < -0.39 is 0 Å². The van der Waals surface area contributed by atoms with Crippen LogP contribution in [-0.4, -0.2) is 28.0 Å². The lowest BCUT2D eigenvalue weighted by atomic mass is 10.0. The van der Waals surface area contributed by atoms with Crippen LogP contribution < -0.4 is 5.73 Å². The number of fused-ring (bicyclic) bond motifs is 2. The molecule has 1 aromatic carbocycles. The van der Waals surface area contributed by atoms with Gasteiger partial charge >= 0.3 is 0 Å². The number of pyridine rings is 1. The lowest BCUT2D eigenvalue weighted by Gasteiger charge is -2.18. The molecule has 1 aliphatic heterocycles. The van der Waals surface area contributed by atoms with E-state index in [9.17, 15) is 0 Å². The van der Waals surface area contributed by atoms with Crippen molar-refractivity contribution in [2.75, 3.05) is 18.8 Å². The van der Waals surface area contributed by atoms with E-state index in [4.69, 9.17) is 5.73 Å². The van der Waals surface area contributed by atoms with E-state index in [1.54, 1.807) is 11.3 Å². The first-order valence-corrected chi connectivity index (χ1v) is 8.40. The van der Waals surface area contributed by atoms with Crippen LogP contribution >= 0.6 is 11.3 Å². The maximum absolute atomic E-state index is 5.82. The Labute approximate surface area is 133 Å². The predicted molar refractivity (Wildman–Crippen MR) is 91.0 cm³/mol. The summed E-state index contributed by atoms with van der Waals surface area (Å²) in [5.74, 6) is 0. The van der Waals surface area contributed by atoms with Crippen LogP contribution in [0.5, 0.6) is 0 Å². The van der Waals surface area contributed by atoms with Gasteiger partial charge in [0, 0.05) is 25.8 Å². The number of thiazole rings is 1. The highest BCUT2D eigenvalue weighted by Gasteiger charge is 2.16. The standard InChI is InChI=1S/C17H18N4S/c18-17-20-15-9-12-4-7-21(11-14-3-1-2-6-19-14)8-5-13(12)10-16(15)22-17/h1-3,6,9-10H,4-5,7-8,11H2,(H2,18,20). The molecular formula is C17H18N4S. The third-order valence-corrected chi connectivity index (χ3v) is 5.08. The molecule has 0 saturated carbocycles. The summed E-state index contributed by atoms with van der Waals surface area (Å²) >= 11 is 1.58. The van der Waals surface area contributed by atoms with Crippen LogP contribution in [0.1, 0.15) is 16.8 Å². The zero-order valence-electron chi connectivity index (χ0n) is 12.3. The van der Waals surface area contributed by atoms with Gasteiger partial charge in [-0.1, -0.05) is 17.4 Å². The van der Waals surface area contributed by atoms with Crippen molar-refractivity contribution in [2.45, 2.75) is 19.4 Å². The van der Waals surface area contributed by atoms with Gasteiger partial charge in [0.15, 0.2) is 5.13 Å². The van der Waals surface area contributed by atoms with E-state index in [0.29, 0.717) is 5.13 Å². The van der Waals surface area contributed by atoms with Crippen LogP contribution in [0.2, 0.25) is 0 Å². The van der Waals surface area contributed by atoms with E-state index in [-0.39, 0.29) is 0 Å². The third-order valence-electron chi connectivity index (χ3n) is 4.23. The van der Waals surface area contributed by atoms with E-state index in [1.807, 2.05) is 12.3 Å². The summed E-state index contributed by atoms with van der Waals surface area (Å²) < 4.78 is 1.20. The summed E-state index contributed by atoms with van der Waals surface area (Å²) in [6.07, 6.45) is 4.01. The molecule has 0 spiro atoms. The molecule has 0 bridgehead atoms. The fourth-order valence-corrected chi connectivity index (χ4v) is 3.87. The van der Waals surface area contributed by atoms with Crippen molar-refractivity contribution < 1.29 is 0 Å². The quantitative estimate of drug-likeness (QED) is 0.791. The Bertz CT molecular complexity index is 752. The van der Waals surface area contributed by atoms with Gasteiger partial charge in [-0.2, -0.15) is 0 Å². The molecule has 0 saturated heterocycles. The second-order valence-corrected chi connectivity index (χ2v) is 6.80. The smallest absolute Gasteiger partial charge is 0.181 e. The first-order chi connectivity index (χ1) is 10.8. The lowest BCUT2D eigenvalue weighted by Crippen LogP contribution is -2.26. The van der Waals surface area contributed by atoms with Crippen LogP contribution in [-0.2, 0) is 19.4 Å². The van der Waals surface area contributed by atoms with Crippen LogP contribution in [0.4, 0.5) is 5.13 Å². The number of rotatable bonds is 2. The van der Waals surface area contributed by atoms with Gasteiger partial charge in [0.05, 0.1) is 15.9 Å². The Balaban J connectivity index is 1.55. The Morgan fingerprint density at radius 3 is 2.73 bits per heavy atom. The largest absolute Gasteiger partial charge is 0.375 e. The van der Waals surface area contributed by atoms with Crippen molar-refractivity contribution >= 4 is 26.7 Å². The normalized spacial score (nSPS) is 15.6. The highest BCUT2D eigenvalue weighted by atomic mass is 32.1. The molecule has 0 fully saturated rings. The zero-order chi connectivity index (χ0) is 14.9. The SMILES string of the molecule is Nc1nc2cc3c(cc2s1)CCN(Cc1ccccn1)CC3. The van der Waals surface area contributed by atoms with Gasteiger partial charge in [-0.3, -0.25) is 9.88 Å². The van der Waals surface area contributed by atoms with Crippen LogP contribution in [0, 0.1) is 0 Å². The minimum atomic E-state index is 0.659. The molecule has 3 heterocycles. The molecule has 0 radical (unpaired) electrons. The number of anilines is 1. The molecule has 22 heavy (non-hydrogen) atoms. The summed E-state index contributed by atoms with van der Waals surface area (Å²) in [6, 6.07) is 10.6. The summed E-state index contributed by atoms with van der Waals surface area (Å²) in [5, 5.41) is 0.659. The second-order valence-electron chi connectivity index (χ2n) is 5.74. The third kappa shape index (κ3) is 2.69. The molecule has 4 nitrogen and oxygen atoms in total. The van der Waals surface area contributed by atoms with Crippen molar-refractivity contribution in [3.63, 3.8) is 0 Å². The monoisotopic (exact) mass is 310 g/mol. The molecule has 3 aromatic rings. The van der Waals surface area contributed by atoms with Gasteiger partial charge in [-0.05, 0) is 48.2 Å². The molecule has 0 atom stereocenters. The molecule has 0 aliphatic carbocycles. The number of aromatic nitrogens is 2. The predicted octanol–water partition coefficient (Wildman–Crippen LogP) is 2.87. The van der Waals surface area contributed by atoms with E-state index in [2.05, 4.69) is 39.1 Å². The summed E-state index contributed by atoms with van der Waals surface area (Å²) in [4.78, 5) is 11.3. The molecule has 0 amide bonds. The number of hydrogen-bond acceptors (Lipinski definition) is 5. The molecular weight excluding hydrogens is 292 g/mol. The van der Waals surface area contributed by atoms with E-state index >= 15 is 0 Å².